The molecule has 1 heterocycles. The molecule has 3 heteroatoms. The summed E-state index contributed by atoms with van der Waals surface area (Å²) in [5.41, 5.74) is 9.55. The molecule has 0 fully saturated rings. The number of aromatic nitrogens is 1. The zero-order valence-electron chi connectivity index (χ0n) is 8.37. The molecule has 15 heavy (non-hydrogen) atoms. The van der Waals surface area contributed by atoms with Crippen molar-refractivity contribution in [2.75, 3.05) is 5.73 Å². The van der Waals surface area contributed by atoms with Gasteiger partial charge in [-0.15, -0.1) is 0 Å². The number of nitrogens with zero attached hydrogens (tertiary/aromatic N) is 1. The van der Waals surface area contributed by atoms with Crippen LogP contribution < -0.4 is 5.73 Å². The molecular formula is C12H11ClN2. The van der Waals surface area contributed by atoms with Crippen LogP contribution in [0.15, 0.2) is 36.7 Å². The number of rotatable bonds is 1. The molecule has 2 aromatic rings. The zero-order valence-corrected chi connectivity index (χ0v) is 9.12. The molecule has 0 aliphatic rings. The van der Waals surface area contributed by atoms with Crippen LogP contribution in [-0.2, 0) is 0 Å². The number of anilines is 1. The summed E-state index contributed by atoms with van der Waals surface area (Å²) in [5, 5.41) is 0.685. The Bertz CT molecular complexity index is 477. The lowest BCUT2D eigenvalue weighted by Gasteiger charge is -2.06. The minimum absolute atomic E-state index is 0.685. The van der Waals surface area contributed by atoms with Crippen molar-refractivity contribution >= 4 is 17.3 Å². The highest BCUT2D eigenvalue weighted by Gasteiger charge is 2.04. The molecular weight excluding hydrogens is 208 g/mol. The first-order valence-corrected chi connectivity index (χ1v) is 5.02. The number of benzene rings is 1. The molecule has 2 nitrogen and oxygen atoms in total. The molecule has 0 unspecified atom stereocenters. The predicted octanol–water partition coefficient (Wildman–Crippen LogP) is 3.29. The normalized spacial score (nSPS) is 10.3. The minimum atomic E-state index is 0.685. The maximum atomic E-state index is 6.01. The maximum absolute atomic E-state index is 6.01. The van der Waals surface area contributed by atoms with Crippen LogP contribution >= 0.6 is 11.6 Å². The summed E-state index contributed by atoms with van der Waals surface area (Å²) < 4.78 is 0. The Labute approximate surface area is 93.7 Å². The molecule has 0 radical (unpaired) electrons. The third kappa shape index (κ3) is 1.95. The molecule has 0 atom stereocenters. The van der Waals surface area contributed by atoms with Crippen molar-refractivity contribution < 1.29 is 0 Å². The van der Waals surface area contributed by atoms with Gasteiger partial charge in [0.05, 0.1) is 5.02 Å². The lowest BCUT2D eigenvalue weighted by molar-refractivity contribution is 1.29. The Balaban J connectivity index is 2.54. The van der Waals surface area contributed by atoms with E-state index in [0.717, 1.165) is 22.4 Å². The molecule has 1 aromatic carbocycles. The molecule has 0 amide bonds. The van der Waals surface area contributed by atoms with E-state index in [9.17, 15) is 0 Å². The zero-order chi connectivity index (χ0) is 10.8. The monoisotopic (exact) mass is 218 g/mol. The van der Waals surface area contributed by atoms with Gasteiger partial charge in [0.25, 0.3) is 0 Å². The van der Waals surface area contributed by atoms with Gasteiger partial charge in [-0.2, -0.15) is 0 Å². The Morgan fingerprint density at radius 3 is 2.47 bits per heavy atom. The van der Waals surface area contributed by atoms with Crippen LogP contribution in [0, 0.1) is 6.92 Å². The van der Waals surface area contributed by atoms with Gasteiger partial charge >= 0.3 is 0 Å². The van der Waals surface area contributed by atoms with E-state index in [0.29, 0.717) is 5.02 Å². The van der Waals surface area contributed by atoms with Crippen molar-refractivity contribution in [3.63, 3.8) is 0 Å². The lowest BCUT2D eigenvalue weighted by atomic mass is 10.0. The van der Waals surface area contributed by atoms with Crippen molar-refractivity contribution in [3.05, 3.63) is 47.2 Å². The van der Waals surface area contributed by atoms with Gasteiger partial charge in [-0.3, -0.25) is 4.98 Å². The van der Waals surface area contributed by atoms with Gasteiger partial charge in [0, 0.05) is 23.6 Å². The number of hydrogen-bond donors (Lipinski definition) is 1. The third-order valence-electron chi connectivity index (χ3n) is 2.38. The molecule has 0 spiro atoms. The minimum Gasteiger partial charge on any atom is -0.399 e. The molecule has 0 saturated carbocycles. The summed E-state index contributed by atoms with van der Waals surface area (Å²) in [6.07, 6.45) is 3.46. The summed E-state index contributed by atoms with van der Waals surface area (Å²) in [5.74, 6) is 0. The number of halogens is 1. The number of hydrogen-bond acceptors (Lipinski definition) is 2. The van der Waals surface area contributed by atoms with E-state index in [2.05, 4.69) is 4.98 Å². The van der Waals surface area contributed by atoms with Crippen molar-refractivity contribution in [2.45, 2.75) is 6.92 Å². The quantitative estimate of drug-likeness (QED) is 0.746. The highest BCUT2D eigenvalue weighted by Crippen LogP contribution is 2.27. The topological polar surface area (TPSA) is 38.9 Å². The first-order chi connectivity index (χ1) is 7.18. The Morgan fingerprint density at radius 1 is 1.13 bits per heavy atom. The van der Waals surface area contributed by atoms with Crippen LogP contribution in [0.1, 0.15) is 5.56 Å². The summed E-state index contributed by atoms with van der Waals surface area (Å²) in [6, 6.07) is 7.68. The molecule has 1 aromatic heterocycles. The van der Waals surface area contributed by atoms with Crippen LogP contribution in [0.25, 0.3) is 11.1 Å². The molecule has 0 bridgehead atoms. The van der Waals surface area contributed by atoms with E-state index in [-0.39, 0.29) is 0 Å². The van der Waals surface area contributed by atoms with Crippen molar-refractivity contribution in [3.8, 4) is 11.1 Å². The third-order valence-corrected chi connectivity index (χ3v) is 2.76. The van der Waals surface area contributed by atoms with E-state index < -0.39 is 0 Å². The van der Waals surface area contributed by atoms with E-state index in [4.69, 9.17) is 17.3 Å². The highest BCUT2D eigenvalue weighted by molar-refractivity contribution is 6.31. The largest absolute Gasteiger partial charge is 0.399 e. The van der Waals surface area contributed by atoms with E-state index in [1.54, 1.807) is 6.20 Å². The highest BCUT2D eigenvalue weighted by atomic mass is 35.5. The number of pyridine rings is 1. The van der Waals surface area contributed by atoms with Gasteiger partial charge in [-0.05, 0) is 30.2 Å². The molecule has 2 rings (SSSR count). The fourth-order valence-corrected chi connectivity index (χ4v) is 1.61. The van der Waals surface area contributed by atoms with Gasteiger partial charge in [0.2, 0.25) is 0 Å². The molecule has 76 valence electrons. The molecule has 0 aliphatic carbocycles. The summed E-state index contributed by atoms with van der Waals surface area (Å²) in [6.45, 7) is 1.98. The fourth-order valence-electron chi connectivity index (χ4n) is 1.45. The van der Waals surface area contributed by atoms with Crippen LogP contribution in [0.2, 0.25) is 5.02 Å². The summed E-state index contributed by atoms with van der Waals surface area (Å²) >= 11 is 6.01. The van der Waals surface area contributed by atoms with Crippen molar-refractivity contribution in [1.29, 1.82) is 0 Å². The van der Waals surface area contributed by atoms with Crippen molar-refractivity contribution in [2.24, 2.45) is 0 Å². The predicted molar refractivity (Wildman–Crippen MR) is 63.8 cm³/mol. The van der Waals surface area contributed by atoms with Gasteiger partial charge in [-0.1, -0.05) is 23.7 Å². The first kappa shape index (κ1) is 9.99. The van der Waals surface area contributed by atoms with E-state index in [1.807, 2.05) is 37.4 Å². The summed E-state index contributed by atoms with van der Waals surface area (Å²) in [7, 11) is 0. The second-order valence-corrected chi connectivity index (χ2v) is 3.82. The van der Waals surface area contributed by atoms with Gasteiger partial charge < -0.3 is 5.73 Å². The average molecular weight is 219 g/mol. The fraction of sp³-hybridized carbons (Fsp3) is 0.0833. The van der Waals surface area contributed by atoms with Crippen LogP contribution in [-0.4, -0.2) is 4.98 Å². The Hall–Kier alpha value is -1.54. The SMILES string of the molecule is Cc1c(Cl)cncc1-c1ccc(N)cc1. The Morgan fingerprint density at radius 2 is 1.80 bits per heavy atom. The Kier molecular flexibility index (Phi) is 2.60. The summed E-state index contributed by atoms with van der Waals surface area (Å²) in [4.78, 5) is 4.08. The van der Waals surface area contributed by atoms with Gasteiger partial charge in [-0.25, -0.2) is 0 Å². The number of nitrogen functional groups attached to an aromatic ring is 1. The van der Waals surface area contributed by atoms with Gasteiger partial charge in [0.1, 0.15) is 0 Å². The second-order valence-electron chi connectivity index (χ2n) is 3.42. The van der Waals surface area contributed by atoms with Gasteiger partial charge in [0.15, 0.2) is 0 Å². The second kappa shape index (κ2) is 3.91. The van der Waals surface area contributed by atoms with Crippen LogP contribution in [0.4, 0.5) is 5.69 Å². The maximum Gasteiger partial charge on any atom is 0.0624 e. The van der Waals surface area contributed by atoms with E-state index >= 15 is 0 Å². The standard InChI is InChI=1S/C12H11ClN2/c1-8-11(6-15-7-12(8)13)9-2-4-10(14)5-3-9/h2-7H,14H2,1H3. The van der Waals surface area contributed by atoms with Crippen LogP contribution in [0.3, 0.4) is 0 Å². The molecule has 0 saturated heterocycles. The average Bonchev–Trinajstić information content (AvgIpc) is 2.24. The van der Waals surface area contributed by atoms with E-state index in [1.165, 1.54) is 0 Å². The number of nitrogens with two attached hydrogens (primary N) is 1. The first-order valence-electron chi connectivity index (χ1n) is 4.64. The van der Waals surface area contributed by atoms with Crippen molar-refractivity contribution in [1.82, 2.24) is 4.98 Å². The van der Waals surface area contributed by atoms with Crippen LogP contribution in [0.5, 0.6) is 0 Å². The molecule has 0 aliphatic heterocycles. The smallest absolute Gasteiger partial charge is 0.0624 e. The molecule has 2 N–H and O–H groups in total. The lowest BCUT2D eigenvalue weighted by Crippen LogP contribution is -1.88.